The molecule has 2 N–H and O–H groups in total. The van der Waals surface area contributed by atoms with Gasteiger partial charge in [-0.25, -0.2) is 9.59 Å². The number of carbonyl (C=O) groups excluding carboxylic acids is 2. The van der Waals surface area contributed by atoms with Crippen LogP contribution in [0.1, 0.15) is 51.2 Å². The number of hydrogen-bond acceptors (Lipinski definition) is 6. The molecule has 0 unspecified atom stereocenters. The van der Waals surface area contributed by atoms with Gasteiger partial charge in [-0.05, 0) is 94.8 Å². The predicted molar refractivity (Wildman–Crippen MR) is 171 cm³/mol. The van der Waals surface area contributed by atoms with Gasteiger partial charge in [0.2, 0.25) is 0 Å². The standard InChI is InChI=1S/C35H45N3O5/c1-35(2,3)43-33(39)36-21-18-26-12-15-29(16-13-26)41-24-8-9-27-14-17-31(28-10-6-5-7-11-28)32(25-27)37-34(40)42-30-19-22-38(4)23-20-30/h5-7,10-17,25,30H,8-9,18-24H2,1-4H3,(H,36,39)(H,37,40). The van der Waals surface area contributed by atoms with Crippen molar-refractivity contribution in [3.63, 3.8) is 0 Å². The van der Waals surface area contributed by atoms with Crippen LogP contribution in [0, 0.1) is 0 Å². The molecule has 1 saturated heterocycles. The third kappa shape index (κ3) is 10.9. The number of ether oxygens (including phenoxy) is 3. The van der Waals surface area contributed by atoms with Crippen molar-refractivity contribution in [2.75, 3.05) is 38.6 Å². The highest BCUT2D eigenvalue weighted by Gasteiger charge is 2.21. The number of nitrogens with zero attached hydrogens (tertiary/aromatic N) is 1. The monoisotopic (exact) mass is 587 g/mol. The Hall–Kier alpha value is -4.04. The average molecular weight is 588 g/mol. The highest BCUT2D eigenvalue weighted by molar-refractivity contribution is 5.91. The Morgan fingerprint density at radius 1 is 0.884 bits per heavy atom. The van der Waals surface area contributed by atoms with Gasteiger partial charge in [0.15, 0.2) is 0 Å². The first kappa shape index (κ1) is 31.9. The lowest BCUT2D eigenvalue weighted by Gasteiger charge is -2.28. The van der Waals surface area contributed by atoms with Crippen molar-refractivity contribution in [2.45, 2.75) is 64.6 Å². The van der Waals surface area contributed by atoms with Gasteiger partial charge in [0, 0.05) is 25.2 Å². The van der Waals surface area contributed by atoms with Crippen molar-refractivity contribution in [1.82, 2.24) is 10.2 Å². The van der Waals surface area contributed by atoms with Gasteiger partial charge < -0.3 is 24.4 Å². The van der Waals surface area contributed by atoms with Crippen molar-refractivity contribution in [2.24, 2.45) is 0 Å². The van der Waals surface area contributed by atoms with Gasteiger partial charge in [0.05, 0.1) is 12.3 Å². The topological polar surface area (TPSA) is 89.1 Å². The van der Waals surface area contributed by atoms with Crippen molar-refractivity contribution in [3.05, 3.63) is 83.9 Å². The van der Waals surface area contributed by atoms with Gasteiger partial charge >= 0.3 is 12.2 Å². The van der Waals surface area contributed by atoms with Gasteiger partial charge in [-0.3, -0.25) is 5.32 Å². The van der Waals surface area contributed by atoms with E-state index in [1.54, 1.807) is 0 Å². The van der Waals surface area contributed by atoms with Gasteiger partial charge in [-0.2, -0.15) is 0 Å². The molecular weight excluding hydrogens is 542 g/mol. The highest BCUT2D eigenvalue weighted by atomic mass is 16.6. The number of nitrogens with one attached hydrogen (secondary N) is 2. The summed E-state index contributed by atoms with van der Waals surface area (Å²) >= 11 is 0. The Morgan fingerprint density at radius 2 is 1.58 bits per heavy atom. The minimum absolute atomic E-state index is 0.0559. The number of carbonyl (C=O) groups is 2. The van der Waals surface area contributed by atoms with E-state index in [1.165, 1.54) is 0 Å². The number of benzene rings is 3. The second kappa shape index (κ2) is 15.4. The Balaban J connectivity index is 1.26. The predicted octanol–water partition coefficient (Wildman–Crippen LogP) is 7.08. The molecule has 0 radical (unpaired) electrons. The first-order valence-electron chi connectivity index (χ1n) is 15.2. The summed E-state index contributed by atoms with van der Waals surface area (Å²) in [6, 6.07) is 24.2. The quantitative estimate of drug-likeness (QED) is 0.233. The van der Waals surface area contributed by atoms with Crippen LogP contribution in [-0.4, -0.2) is 62.1 Å². The van der Waals surface area contributed by atoms with Crippen molar-refractivity contribution >= 4 is 17.9 Å². The Kier molecular flexibility index (Phi) is 11.4. The van der Waals surface area contributed by atoms with E-state index < -0.39 is 17.8 Å². The van der Waals surface area contributed by atoms with Crippen LogP contribution in [0.3, 0.4) is 0 Å². The van der Waals surface area contributed by atoms with Crippen LogP contribution in [0.4, 0.5) is 15.3 Å². The SMILES string of the molecule is CN1CCC(OC(=O)Nc2cc(CCCOc3ccc(CCNC(=O)OC(C)(C)C)cc3)ccc2-c2ccccc2)CC1. The molecule has 2 amide bonds. The van der Waals surface area contributed by atoms with Crippen LogP contribution in [0.2, 0.25) is 0 Å². The van der Waals surface area contributed by atoms with E-state index >= 15 is 0 Å². The number of piperidine rings is 1. The molecule has 0 saturated carbocycles. The Morgan fingerprint density at radius 3 is 2.28 bits per heavy atom. The molecule has 4 rings (SSSR count). The number of likely N-dealkylation sites (tertiary alicyclic amines) is 1. The molecule has 1 aliphatic heterocycles. The summed E-state index contributed by atoms with van der Waals surface area (Å²) in [6.07, 6.45) is 3.18. The van der Waals surface area contributed by atoms with Gasteiger partial charge in [0.25, 0.3) is 0 Å². The van der Waals surface area contributed by atoms with E-state index in [9.17, 15) is 9.59 Å². The highest BCUT2D eigenvalue weighted by Crippen LogP contribution is 2.30. The lowest BCUT2D eigenvalue weighted by molar-refractivity contribution is 0.0528. The molecule has 8 nitrogen and oxygen atoms in total. The third-order valence-electron chi connectivity index (χ3n) is 7.23. The van der Waals surface area contributed by atoms with Gasteiger partial charge in [0.1, 0.15) is 17.5 Å². The molecule has 0 aromatic heterocycles. The van der Waals surface area contributed by atoms with Crippen LogP contribution >= 0.6 is 0 Å². The molecule has 8 heteroatoms. The van der Waals surface area contributed by atoms with Crippen molar-refractivity contribution < 1.29 is 23.8 Å². The molecule has 0 spiro atoms. The number of alkyl carbamates (subject to hydrolysis) is 1. The minimum Gasteiger partial charge on any atom is -0.494 e. The van der Waals surface area contributed by atoms with Gasteiger partial charge in [-0.1, -0.05) is 54.6 Å². The fourth-order valence-electron chi connectivity index (χ4n) is 4.96. The number of amides is 2. The Labute approximate surface area is 255 Å². The zero-order valence-electron chi connectivity index (χ0n) is 25.9. The number of rotatable bonds is 11. The van der Waals surface area contributed by atoms with Crippen LogP contribution in [-0.2, 0) is 22.3 Å². The summed E-state index contributed by atoms with van der Waals surface area (Å²) in [6.45, 7) is 8.48. The molecule has 3 aromatic carbocycles. The molecule has 1 fully saturated rings. The smallest absolute Gasteiger partial charge is 0.411 e. The molecule has 43 heavy (non-hydrogen) atoms. The summed E-state index contributed by atoms with van der Waals surface area (Å²) in [5, 5.41) is 5.81. The summed E-state index contributed by atoms with van der Waals surface area (Å²) in [7, 11) is 2.09. The maximum Gasteiger partial charge on any atom is 0.411 e. The number of hydrogen-bond donors (Lipinski definition) is 2. The fraction of sp³-hybridized carbons (Fsp3) is 0.429. The molecule has 230 valence electrons. The molecular formula is C35H45N3O5. The molecule has 1 heterocycles. The van der Waals surface area contributed by atoms with E-state index in [2.05, 4.69) is 34.7 Å². The lowest BCUT2D eigenvalue weighted by atomic mass is 10.00. The third-order valence-corrected chi connectivity index (χ3v) is 7.23. The summed E-state index contributed by atoms with van der Waals surface area (Å²) < 4.78 is 17.0. The van der Waals surface area contributed by atoms with Crippen LogP contribution in [0.15, 0.2) is 72.8 Å². The minimum atomic E-state index is -0.506. The van der Waals surface area contributed by atoms with E-state index in [4.69, 9.17) is 14.2 Å². The van der Waals surface area contributed by atoms with Crippen molar-refractivity contribution in [1.29, 1.82) is 0 Å². The van der Waals surface area contributed by atoms with E-state index in [0.29, 0.717) is 19.6 Å². The first-order chi connectivity index (χ1) is 20.6. The molecule has 0 aliphatic carbocycles. The number of anilines is 1. The molecule has 0 bridgehead atoms. The maximum absolute atomic E-state index is 12.8. The van der Waals surface area contributed by atoms with Crippen LogP contribution < -0.4 is 15.4 Å². The maximum atomic E-state index is 12.8. The van der Waals surface area contributed by atoms with Crippen molar-refractivity contribution in [3.8, 4) is 16.9 Å². The lowest BCUT2D eigenvalue weighted by Crippen LogP contribution is -2.36. The average Bonchev–Trinajstić information content (AvgIpc) is 2.97. The fourth-order valence-corrected chi connectivity index (χ4v) is 4.96. The normalized spacial score (nSPS) is 14.1. The first-order valence-corrected chi connectivity index (χ1v) is 15.2. The van der Waals surface area contributed by atoms with E-state index in [-0.39, 0.29) is 6.10 Å². The summed E-state index contributed by atoms with van der Waals surface area (Å²) in [4.78, 5) is 26.9. The zero-order valence-corrected chi connectivity index (χ0v) is 25.9. The zero-order chi connectivity index (χ0) is 30.7. The molecule has 0 atom stereocenters. The molecule has 1 aliphatic rings. The summed E-state index contributed by atoms with van der Waals surface area (Å²) in [5.74, 6) is 0.808. The molecule has 3 aromatic rings. The Bertz CT molecular complexity index is 1310. The summed E-state index contributed by atoms with van der Waals surface area (Å²) in [5.41, 5.74) is 4.47. The second-order valence-electron chi connectivity index (χ2n) is 12.1. The van der Waals surface area contributed by atoms with Crippen LogP contribution in [0.5, 0.6) is 5.75 Å². The van der Waals surface area contributed by atoms with E-state index in [1.807, 2.05) is 81.4 Å². The van der Waals surface area contributed by atoms with Gasteiger partial charge in [-0.15, -0.1) is 0 Å². The van der Waals surface area contributed by atoms with Crippen LogP contribution in [0.25, 0.3) is 11.1 Å². The number of aryl methyl sites for hydroxylation is 1. The van der Waals surface area contributed by atoms with E-state index in [0.717, 1.165) is 72.5 Å². The largest absolute Gasteiger partial charge is 0.494 e. The second-order valence-corrected chi connectivity index (χ2v) is 12.1.